The van der Waals surface area contributed by atoms with Crippen LogP contribution in [-0.2, 0) is 18.4 Å². The molecule has 4 aromatic rings. The summed E-state index contributed by atoms with van der Waals surface area (Å²) in [6.45, 7) is 1.60. The number of carboxylic acids is 1. The maximum absolute atomic E-state index is 13.1. The van der Waals surface area contributed by atoms with E-state index >= 15 is 0 Å². The van der Waals surface area contributed by atoms with Gasteiger partial charge in [0.2, 0.25) is 0 Å². The van der Waals surface area contributed by atoms with Gasteiger partial charge in [-0.25, -0.2) is 4.98 Å². The Kier molecular flexibility index (Phi) is 6.29. The van der Waals surface area contributed by atoms with Gasteiger partial charge in [-0.1, -0.05) is 12.1 Å². The topological polar surface area (TPSA) is 145 Å². The van der Waals surface area contributed by atoms with Crippen molar-refractivity contribution in [1.82, 2.24) is 34.6 Å². The smallest absolute Gasteiger partial charge is 0.322 e. The van der Waals surface area contributed by atoms with Gasteiger partial charge in [-0.2, -0.15) is 20.0 Å². The van der Waals surface area contributed by atoms with E-state index in [1.807, 2.05) is 18.0 Å². The Balaban J connectivity index is 1.50. The Hall–Kier alpha value is -4.76. The molecule has 2 N–H and O–H groups in total. The number of nitrogens with zero attached hydrogens (tertiary/aromatic N) is 8. The van der Waals surface area contributed by atoms with E-state index in [4.69, 9.17) is 10.4 Å². The molecule has 12 nitrogen and oxygen atoms in total. The first kappa shape index (κ1) is 24.0. The fourth-order valence-corrected chi connectivity index (χ4v) is 4.37. The summed E-state index contributed by atoms with van der Waals surface area (Å²) in [5.41, 5.74) is 3.46. The second kappa shape index (κ2) is 9.71. The molecule has 1 aliphatic heterocycles. The first-order chi connectivity index (χ1) is 17.8. The summed E-state index contributed by atoms with van der Waals surface area (Å²) in [6.07, 6.45) is 1.67. The van der Waals surface area contributed by atoms with Crippen LogP contribution in [0.25, 0.3) is 17.0 Å². The van der Waals surface area contributed by atoms with Crippen molar-refractivity contribution in [2.24, 2.45) is 7.05 Å². The van der Waals surface area contributed by atoms with Gasteiger partial charge < -0.3 is 15.3 Å². The van der Waals surface area contributed by atoms with Crippen LogP contribution < -0.4 is 10.2 Å². The Morgan fingerprint density at radius 2 is 1.95 bits per heavy atom. The number of aryl methyl sites for hydroxylation is 1. The number of likely N-dealkylation sites (N-methyl/N-ethyl adjacent to an activating group) is 1. The molecule has 4 heterocycles. The van der Waals surface area contributed by atoms with E-state index in [2.05, 4.69) is 21.5 Å². The quantitative estimate of drug-likeness (QED) is 0.399. The van der Waals surface area contributed by atoms with Crippen LogP contribution in [0.1, 0.15) is 21.6 Å². The van der Waals surface area contributed by atoms with E-state index in [9.17, 15) is 14.7 Å². The van der Waals surface area contributed by atoms with Gasteiger partial charge in [0, 0.05) is 51.6 Å². The molecule has 1 amide bonds. The van der Waals surface area contributed by atoms with Gasteiger partial charge >= 0.3 is 5.97 Å². The van der Waals surface area contributed by atoms with Crippen LogP contribution in [-0.4, -0.2) is 79.0 Å². The number of aromatic nitrogens is 5. The predicted molar refractivity (Wildman–Crippen MR) is 134 cm³/mol. The molecule has 1 atom stereocenters. The van der Waals surface area contributed by atoms with Crippen molar-refractivity contribution >= 4 is 23.3 Å². The van der Waals surface area contributed by atoms with Gasteiger partial charge in [0.25, 0.3) is 5.91 Å². The van der Waals surface area contributed by atoms with Gasteiger partial charge in [-0.05, 0) is 30.8 Å². The number of benzene rings is 1. The fourth-order valence-electron chi connectivity index (χ4n) is 4.37. The Morgan fingerprint density at radius 1 is 1.16 bits per heavy atom. The van der Waals surface area contributed by atoms with Gasteiger partial charge in [0.1, 0.15) is 23.2 Å². The number of hydrogen-bond donors (Lipinski definition) is 2. The van der Waals surface area contributed by atoms with Crippen molar-refractivity contribution in [2.75, 3.05) is 31.6 Å². The summed E-state index contributed by atoms with van der Waals surface area (Å²) in [5.74, 6) is -0.699. The lowest BCUT2D eigenvalue weighted by atomic mass is 10.1. The molecule has 3 aromatic heterocycles. The zero-order valence-corrected chi connectivity index (χ0v) is 20.4. The standard InChI is InChI=1S/C25H25N9O3/c1-31-9-10-33(15-21(31)25(36)37)23-12-19(24(35)27-14-17-5-3-16(13-26)4-6-17)29-22-11-18(30-34(22)23)20-7-8-28-32(20)2/h3-8,11-12,21H,9-10,14-15H2,1-2H3,(H,27,35)(H,36,37)/t21-/m1/s1. The summed E-state index contributed by atoms with van der Waals surface area (Å²) < 4.78 is 3.34. The highest BCUT2D eigenvalue weighted by atomic mass is 16.4. The molecule has 1 saturated heterocycles. The first-order valence-corrected chi connectivity index (χ1v) is 11.7. The Labute approximate surface area is 212 Å². The number of carboxylic acid groups (broad SMARTS) is 1. The molecule has 12 heteroatoms. The fraction of sp³-hybridized carbons (Fsp3) is 0.280. The van der Waals surface area contributed by atoms with Crippen molar-refractivity contribution in [3.05, 3.63) is 65.5 Å². The number of nitrogens with one attached hydrogen (secondary N) is 1. The van der Waals surface area contributed by atoms with Gasteiger partial charge in [-0.15, -0.1) is 0 Å². The van der Waals surface area contributed by atoms with Crippen molar-refractivity contribution < 1.29 is 14.7 Å². The molecular formula is C25H25N9O3. The minimum atomic E-state index is -0.908. The molecule has 1 fully saturated rings. The van der Waals surface area contributed by atoms with Crippen LogP contribution in [0.5, 0.6) is 0 Å². The van der Waals surface area contributed by atoms with Crippen molar-refractivity contribution in [1.29, 1.82) is 5.26 Å². The average molecular weight is 500 g/mol. The van der Waals surface area contributed by atoms with Gasteiger partial charge in [-0.3, -0.25) is 19.2 Å². The Morgan fingerprint density at radius 3 is 2.62 bits per heavy atom. The molecule has 0 bridgehead atoms. The van der Waals surface area contributed by atoms with E-state index in [-0.39, 0.29) is 24.7 Å². The summed E-state index contributed by atoms with van der Waals surface area (Å²) in [5, 5.41) is 30.5. The summed E-state index contributed by atoms with van der Waals surface area (Å²) in [7, 11) is 3.60. The number of rotatable bonds is 6. The van der Waals surface area contributed by atoms with Crippen LogP contribution in [0.15, 0.2) is 48.7 Å². The molecule has 37 heavy (non-hydrogen) atoms. The SMILES string of the molecule is CN1CCN(c2cc(C(=O)NCc3ccc(C#N)cc3)nc3cc(-c4ccnn4C)nn23)C[C@@H]1C(=O)O. The molecule has 0 aliphatic carbocycles. The van der Waals surface area contributed by atoms with Crippen LogP contribution in [0.2, 0.25) is 0 Å². The van der Waals surface area contributed by atoms with E-state index in [0.29, 0.717) is 35.8 Å². The minimum absolute atomic E-state index is 0.193. The lowest BCUT2D eigenvalue weighted by Crippen LogP contribution is -2.55. The first-order valence-electron chi connectivity index (χ1n) is 11.7. The molecule has 0 radical (unpaired) electrons. The van der Waals surface area contributed by atoms with Crippen LogP contribution in [0, 0.1) is 11.3 Å². The average Bonchev–Trinajstić information content (AvgIpc) is 3.52. The predicted octanol–water partition coefficient (Wildman–Crippen LogP) is 1.14. The number of hydrogen-bond acceptors (Lipinski definition) is 8. The number of anilines is 1. The third-order valence-electron chi connectivity index (χ3n) is 6.52. The van der Waals surface area contributed by atoms with E-state index < -0.39 is 12.0 Å². The van der Waals surface area contributed by atoms with Crippen LogP contribution >= 0.6 is 0 Å². The van der Waals surface area contributed by atoms with Crippen molar-refractivity contribution in [2.45, 2.75) is 12.6 Å². The number of amides is 1. The van der Waals surface area contributed by atoms with Crippen molar-refractivity contribution in [3.63, 3.8) is 0 Å². The maximum Gasteiger partial charge on any atom is 0.322 e. The number of piperazine rings is 1. The Bertz CT molecular complexity index is 1520. The molecule has 188 valence electrons. The number of nitriles is 1. The highest BCUT2D eigenvalue weighted by Gasteiger charge is 2.31. The molecular weight excluding hydrogens is 474 g/mol. The van der Waals surface area contributed by atoms with Gasteiger partial charge in [0.15, 0.2) is 5.65 Å². The van der Waals surface area contributed by atoms with E-state index in [0.717, 1.165) is 11.3 Å². The number of carbonyl (C=O) groups is 2. The number of fused-ring (bicyclic) bond motifs is 1. The lowest BCUT2D eigenvalue weighted by molar-refractivity contribution is -0.142. The maximum atomic E-state index is 13.1. The third kappa shape index (κ3) is 4.72. The zero-order chi connectivity index (χ0) is 26.1. The summed E-state index contributed by atoms with van der Waals surface area (Å²) >= 11 is 0. The second-order valence-electron chi connectivity index (χ2n) is 8.91. The molecule has 0 spiro atoms. The van der Waals surface area contributed by atoms with E-state index in [1.165, 1.54) is 0 Å². The highest BCUT2D eigenvalue weighted by molar-refractivity contribution is 5.93. The highest BCUT2D eigenvalue weighted by Crippen LogP contribution is 2.25. The molecule has 0 unspecified atom stereocenters. The minimum Gasteiger partial charge on any atom is -0.480 e. The normalized spacial score (nSPS) is 16.0. The molecule has 1 aromatic carbocycles. The largest absolute Gasteiger partial charge is 0.480 e. The van der Waals surface area contributed by atoms with Crippen LogP contribution in [0.3, 0.4) is 0 Å². The second-order valence-corrected chi connectivity index (χ2v) is 8.91. The molecule has 5 rings (SSSR count). The monoisotopic (exact) mass is 499 g/mol. The van der Waals surface area contributed by atoms with Crippen molar-refractivity contribution in [3.8, 4) is 17.5 Å². The van der Waals surface area contributed by atoms with Gasteiger partial charge in [0.05, 0.1) is 17.3 Å². The molecule has 0 saturated carbocycles. The summed E-state index contributed by atoms with van der Waals surface area (Å²) in [6, 6.07) is 13.6. The van der Waals surface area contributed by atoms with E-state index in [1.54, 1.807) is 63.7 Å². The number of aliphatic carboxylic acids is 1. The number of carbonyl (C=O) groups excluding carboxylic acids is 1. The third-order valence-corrected chi connectivity index (χ3v) is 6.52. The molecule has 1 aliphatic rings. The summed E-state index contributed by atoms with van der Waals surface area (Å²) in [4.78, 5) is 33.3. The zero-order valence-electron chi connectivity index (χ0n) is 20.4. The lowest BCUT2D eigenvalue weighted by Gasteiger charge is -2.38. The van der Waals surface area contributed by atoms with Crippen LogP contribution in [0.4, 0.5) is 5.82 Å².